The standard InChI is InChI=1S/C28H29ClFN7O/c1-28(2,3)24(15-38)34-25-17(12-31)13-32-27-21(25)10-19(11-22(27)29)33-26(16-4-6-18(30)7-5-16)23-14-37(36-35-23)20-8-9-20/h4-7,10-11,13-14,20,24,26,33,38H,8-9,15H2,1-3H3,(H,32,34)/i26D. The lowest BCUT2D eigenvalue weighted by atomic mass is 9.87. The first-order valence-electron chi connectivity index (χ1n) is 12.9. The van der Waals surface area contributed by atoms with Crippen LogP contribution < -0.4 is 10.6 Å². The fourth-order valence-corrected chi connectivity index (χ4v) is 4.50. The van der Waals surface area contributed by atoms with Crippen molar-refractivity contribution in [1.29, 1.82) is 5.26 Å². The van der Waals surface area contributed by atoms with E-state index in [1.165, 1.54) is 30.5 Å². The normalized spacial score (nSPS) is 16.4. The molecule has 1 aliphatic rings. The number of hydrogen-bond donors (Lipinski definition) is 3. The van der Waals surface area contributed by atoms with Crippen molar-refractivity contribution < 1.29 is 10.9 Å². The predicted molar refractivity (Wildman–Crippen MR) is 146 cm³/mol. The summed E-state index contributed by atoms with van der Waals surface area (Å²) in [6.45, 7) is 5.81. The van der Waals surface area contributed by atoms with Gasteiger partial charge in [-0.15, -0.1) is 5.10 Å². The second-order valence-electron chi connectivity index (χ2n) is 10.6. The van der Waals surface area contributed by atoms with Crippen LogP contribution in [0.15, 0.2) is 48.8 Å². The number of aromatic nitrogens is 4. The van der Waals surface area contributed by atoms with E-state index in [-0.39, 0.29) is 24.1 Å². The topological polar surface area (TPSA) is 112 Å². The van der Waals surface area contributed by atoms with Crippen molar-refractivity contribution >= 4 is 33.9 Å². The first kappa shape index (κ1) is 24.6. The molecule has 0 spiro atoms. The summed E-state index contributed by atoms with van der Waals surface area (Å²) in [6.07, 6.45) is 5.20. The summed E-state index contributed by atoms with van der Waals surface area (Å²) in [5.74, 6) is -0.417. The van der Waals surface area contributed by atoms with Crippen LogP contribution in [0, 0.1) is 22.6 Å². The minimum absolute atomic E-state index is 0.152. The molecule has 0 bridgehead atoms. The summed E-state index contributed by atoms with van der Waals surface area (Å²) in [7, 11) is 0. The SMILES string of the molecule is [2H]C(Nc1cc(Cl)c2ncc(C#N)c(NC(CO)C(C)(C)C)c2c1)(c1ccc(F)cc1)c1cn(C2CC2)nn1. The van der Waals surface area contributed by atoms with E-state index >= 15 is 0 Å². The van der Waals surface area contributed by atoms with E-state index < -0.39 is 11.8 Å². The van der Waals surface area contributed by atoms with Gasteiger partial charge in [0.1, 0.15) is 17.6 Å². The number of nitrogens with one attached hydrogen (secondary N) is 2. The molecule has 0 amide bonds. The maximum absolute atomic E-state index is 13.8. The van der Waals surface area contributed by atoms with Gasteiger partial charge in [-0.25, -0.2) is 9.07 Å². The number of nitrogens with zero attached hydrogens (tertiary/aromatic N) is 5. The molecule has 38 heavy (non-hydrogen) atoms. The molecule has 0 radical (unpaired) electrons. The van der Waals surface area contributed by atoms with E-state index in [1.54, 1.807) is 23.0 Å². The molecular weight excluding hydrogens is 505 g/mol. The van der Waals surface area contributed by atoms with Gasteiger partial charge in [-0.2, -0.15) is 5.26 Å². The third-order valence-electron chi connectivity index (χ3n) is 6.68. The lowest BCUT2D eigenvalue weighted by molar-refractivity contribution is 0.202. The van der Waals surface area contributed by atoms with E-state index in [9.17, 15) is 16.1 Å². The minimum atomic E-state index is -1.63. The summed E-state index contributed by atoms with van der Waals surface area (Å²) in [4.78, 5) is 4.40. The first-order valence-corrected chi connectivity index (χ1v) is 12.8. The summed E-state index contributed by atoms with van der Waals surface area (Å²) in [6, 6.07) is 9.51. The number of halogens is 2. The maximum Gasteiger partial charge on any atom is 0.123 e. The summed E-state index contributed by atoms with van der Waals surface area (Å²) in [5.41, 5.74) is 2.19. The third kappa shape index (κ3) is 5.28. The fourth-order valence-electron chi connectivity index (χ4n) is 4.24. The van der Waals surface area contributed by atoms with Crippen molar-refractivity contribution in [2.45, 2.75) is 51.7 Å². The van der Waals surface area contributed by atoms with Crippen LogP contribution in [-0.4, -0.2) is 37.7 Å². The third-order valence-corrected chi connectivity index (χ3v) is 6.97. The van der Waals surface area contributed by atoms with Gasteiger partial charge in [0, 0.05) is 17.3 Å². The lowest BCUT2D eigenvalue weighted by Gasteiger charge is -2.31. The van der Waals surface area contributed by atoms with Crippen molar-refractivity contribution in [3.05, 3.63) is 76.5 Å². The van der Waals surface area contributed by atoms with Crippen LogP contribution in [0.3, 0.4) is 0 Å². The highest BCUT2D eigenvalue weighted by Crippen LogP contribution is 2.38. The zero-order chi connectivity index (χ0) is 27.9. The van der Waals surface area contributed by atoms with Gasteiger partial charge in [0.15, 0.2) is 0 Å². The van der Waals surface area contributed by atoms with E-state index in [0.29, 0.717) is 44.1 Å². The van der Waals surface area contributed by atoms with Crippen molar-refractivity contribution in [2.75, 3.05) is 17.2 Å². The average molecular weight is 535 g/mol. The Morgan fingerprint density at radius 2 is 2.00 bits per heavy atom. The molecule has 10 heteroatoms. The molecule has 0 saturated heterocycles. The highest BCUT2D eigenvalue weighted by atomic mass is 35.5. The van der Waals surface area contributed by atoms with E-state index in [2.05, 4.69) is 32.0 Å². The van der Waals surface area contributed by atoms with Gasteiger partial charge < -0.3 is 15.7 Å². The van der Waals surface area contributed by atoms with Crippen LogP contribution in [-0.2, 0) is 0 Å². The number of hydrogen-bond acceptors (Lipinski definition) is 7. The molecule has 1 fully saturated rings. The quantitative estimate of drug-likeness (QED) is 0.260. The van der Waals surface area contributed by atoms with Crippen LogP contribution in [0.2, 0.25) is 5.02 Å². The van der Waals surface area contributed by atoms with Crippen molar-refractivity contribution in [3.63, 3.8) is 0 Å². The number of nitriles is 1. The molecule has 2 heterocycles. The van der Waals surface area contributed by atoms with Gasteiger partial charge in [0.05, 0.1) is 54.1 Å². The van der Waals surface area contributed by atoms with Crippen LogP contribution in [0.4, 0.5) is 15.8 Å². The summed E-state index contributed by atoms with van der Waals surface area (Å²) >= 11 is 6.68. The molecule has 3 N–H and O–H groups in total. The van der Waals surface area contributed by atoms with Gasteiger partial charge in [-0.1, -0.05) is 49.7 Å². The van der Waals surface area contributed by atoms with Crippen molar-refractivity contribution in [2.24, 2.45) is 5.41 Å². The van der Waals surface area contributed by atoms with E-state index in [1.807, 2.05) is 20.8 Å². The van der Waals surface area contributed by atoms with Gasteiger partial charge in [-0.3, -0.25) is 4.98 Å². The molecule has 2 atom stereocenters. The lowest BCUT2D eigenvalue weighted by Crippen LogP contribution is -2.37. The molecule has 5 rings (SSSR count). The molecule has 2 aromatic heterocycles. The van der Waals surface area contributed by atoms with Gasteiger partial charge in [0.2, 0.25) is 0 Å². The number of aliphatic hydroxyl groups is 1. The largest absolute Gasteiger partial charge is 0.394 e. The molecular formula is C28H29ClFN7O. The summed E-state index contributed by atoms with van der Waals surface area (Å²) in [5, 5.41) is 35.9. The van der Waals surface area contributed by atoms with Gasteiger partial charge in [0.25, 0.3) is 0 Å². The molecule has 1 saturated carbocycles. The number of benzene rings is 2. The number of aliphatic hydroxyl groups excluding tert-OH is 1. The fraction of sp³-hybridized carbons (Fsp3) is 0.357. The Hall–Kier alpha value is -3.74. The Kier molecular flexibility index (Phi) is 6.60. The van der Waals surface area contributed by atoms with Crippen LogP contribution in [0.5, 0.6) is 0 Å². The zero-order valence-electron chi connectivity index (χ0n) is 22.3. The maximum atomic E-state index is 13.8. The van der Waals surface area contributed by atoms with Crippen LogP contribution in [0.1, 0.15) is 63.9 Å². The smallest absolute Gasteiger partial charge is 0.123 e. The molecule has 2 aromatic carbocycles. The molecule has 1 aliphatic carbocycles. The Morgan fingerprint density at radius 1 is 1.26 bits per heavy atom. The molecule has 8 nitrogen and oxygen atoms in total. The van der Waals surface area contributed by atoms with Gasteiger partial charge in [-0.05, 0) is 48.1 Å². The van der Waals surface area contributed by atoms with Crippen molar-refractivity contribution in [1.82, 2.24) is 20.0 Å². The highest BCUT2D eigenvalue weighted by Gasteiger charge is 2.28. The van der Waals surface area contributed by atoms with Gasteiger partial charge >= 0.3 is 0 Å². The Balaban J connectivity index is 1.63. The number of fused-ring (bicyclic) bond motifs is 1. The molecule has 196 valence electrons. The minimum Gasteiger partial charge on any atom is -0.394 e. The molecule has 4 aromatic rings. The van der Waals surface area contributed by atoms with Crippen LogP contribution >= 0.6 is 11.6 Å². The Morgan fingerprint density at radius 3 is 2.63 bits per heavy atom. The Bertz CT molecular complexity index is 1560. The monoisotopic (exact) mass is 534 g/mol. The molecule has 0 aliphatic heterocycles. The second-order valence-corrected chi connectivity index (χ2v) is 11.0. The van der Waals surface area contributed by atoms with E-state index in [4.69, 9.17) is 11.6 Å². The van der Waals surface area contributed by atoms with Crippen molar-refractivity contribution in [3.8, 4) is 6.07 Å². The highest BCUT2D eigenvalue weighted by molar-refractivity contribution is 6.35. The van der Waals surface area contributed by atoms with Crippen LogP contribution in [0.25, 0.3) is 10.9 Å². The Labute approximate surface area is 226 Å². The number of rotatable bonds is 8. The first-order chi connectivity index (χ1) is 18.5. The summed E-state index contributed by atoms with van der Waals surface area (Å²) < 4.78 is 25.1. The number of pyridine rings is 1. The number of anilines is 2. The average Bonchev–Trinajstić information content (AvgIpc) is 3.62. The predicted octanol–water partition coefficient (Wildman–Crippen LogP) is 5.85. The zero-order valence-corrected chi connectivity index (χ0v) is 22.1. The molecule has 2 unspecified atom stereocenters. The second kappa shape index (κ2) is 10.2. The van der Waals surface area contributed by atoms with E-state index in [0.717, 1.165) is 12.8 Å².